The van der Waals surface area contributed by atoms with Gasteiger partial charge in [0.2, 0.25) is 0 Å². The third-order valence-corrected chi connectivity index (χ3v) is 3.12. The molecule has 98 valence electrons. The minimum absolute atomic E-state index is 0.347. The van der Waals surface area contributed by atoms with Crippen molar-refractivity contribution in [3.8, 4) is 5.75 Å². The standard InChI is InChI=1S/C15H14BrNOS/c16-11-10-12-6-8-14(9-7-12)18-15(19)17-13-4-2-1-3-5-13/h1-9H,10-11H2,(H,17,19). The van der Waals surface area contributed by atoms with Gasteiger partial charge in [-0.3, -0.25) is 0 Å². The molecule has 1 N–H and O–H groups in total. The van der Waals surface area contributed by atoms with Crippen LogP contribution in [-0.4, -0.2) is 10.5 Å². The molecule has 0 spiro atoms. The van der Waals surface area contributed by atoms with E-state index < -0.39 is 0 Å². The highest BCUT2D eigenvalue weighted by molar-refractivity contribution is 9.09. The van der Waals surface area contributed by atoms with E-state index in [-0.39, 0.29) is 0 Å². The molecule has 0 amide bonds. The molecule has 0 radical (unpaired) electrons. The monoisotopic (exact) mass is 335 g/mol. The summed E-state index contributed by atoms with van der Waals surface area (Å²) in [6.45, 7) is 0. The summed E-state index contributed by atoms with van der Waals surface area (Å²) in [7, 11) is 0. The Kier molecular flexibility index (Phi) is 5.36. The molecule has 0 saturated heterocycles. The van der Waals surface area contributed by atoms with Crippen LogP contribution in [0.15, 0.2) is 54.6 Å². The zero-order chi connectivity index (χ0) is 13.5. The first-order chi connectivity index (χ1) is 9.28. The average Bonchev–Trinajstić information content (AvgIpc) is 2.42. The lowest BCUT2D eigenvalue weighted by atomic mass is 10.2. The number of nitrogens with one attached hydrogen (secondary N) is 1. The number of aryl methyl sites for hydroxylation is 1. The highest BCUT2D eigenvalue weighted by Crippen LogP contribution is 2.14. The Labute approximate surface area is 126 Å². The van der Waals surface area contributed by atoms with Crippen LogP contribution in [0.25, 0.3) is 0 Å². The molecular formula is C15H14BrNOS. The molecule has 0 aliphatic rings. The smallest absolute Gasteiger partial charge is 0.266 e. The molecule has 0 aromatic heterocycles. The molecule has 0 aliphatic carbocycles. The van der Waals surface area contributed by atoms with E-state index in [0.29, 0.717) is 5.17 Å². The SMILES string of the molecule is S=C(Nc1ccccc1)Oc1ccc(CCBr)cc1. The Morgan fingerprint density at radius 1 is 1.05 bits per heavy atom. The highest BCUT2D eigenvalue weighted by atomic mass is 79.9. The number of hydrogen-bond acceptors (Lipinski definition) is 2. The predicted molar refractivity (Wildman–Crippen MR) is 87.2 cm³/mol. The molecule has 0 unspecified atom stereocenters. The summed E-state index contributed by atoms with van der Waals surface area (Å²) in [4.78, 5) is 0. The van der Waals surface area contributed by atoms with E-state index in [2.05, 4.69) is 21.2 Å². The molecule has 0 atom stereocenters. The zero-order valence-electron chi connectivity index (χ0n) is 10.3. The molecule has 19 heavy (non-hydrogen) atoms. The fourth-order valence-corrected chi connectivity index (χ4v) is 2.28. The van der Waals surface area contributed by atoms with E-state index in [0.717, 1.165) is 23.2 Å². The van der Waals surface area contributed by atoms with Crippen LogP contribution >= 0.6 is 28.1 Å². The minimum atomic E-state index is 0.347. The van der Waals surface area contributed by atoms with Gasteiger partial charge in [0.25, 0.3) is 5.17 Å². The minimum Gasteiger partial charge on any atom is -0.432 e. The molecule has 2 rings (SSSR count). The van der Waals surface area contributed by atoms with Gasteiger partial charge >= 0.3 is 0 Å². The Hall–Kier alpha value is -1.39. The Morgan fingerprint density at radius 2 is 1.74 bits per heavy atom. The van der Waals surface area contributed by atoms with Crippen molar-refractivity contribution in [3.63, 3.8) is 0 Å². The molecular weight excluding hydrogens is 322 g/mol. The maximum absolute atomic E-state index is 5.56. The Balaban J connectivity index is 1.91. The molecule has 2 nitrogen and oxygen atoms in total. The lowest BCUT2D eigenvalue weighted by Gasteiger charge is -2.09. The van der Waals surface area contributed by atoms with Crippen LogP contribution in [0.1, 0.15) is 5.56 Å². The van der Waals surface area contributed by atoms with Crippen molar-refractivity contribution in [3.05, 3.63) is 60.2 Å². The summed E-state index contributed by atoms with van der Waals surface area (Å²) >= 11 is 8.58. The topological polar surface area (TPSA) is 21.3 Å². The third kappa shape index (κ3) is 4.65. The molecule has 0 saturated carbocycles. The van der Waals surface area contributed by atoms with Crippen LogP contribution in [0.2, 0.25) is 0 Å². The van der Waals surface area contributed by atoms with Crippen LogP contribution in [0.4, 0.5) is 5.69 Å². The largest absolute Gasteiger partial charge is 0.432 e. The summed E-state index contributed by atoms with van der Waals surface area (Å²) in [5.41, 5.74) is 2.19. The second kappa shape index (κ2) is 7.26. The van der Waals surface area contributed by atoms with Gasteiger partial charge in [0.15, 0.2) is 0 Å². The molecule has 2 aromatic carbocycles. The van der Waals surface area contributed by atoms with E-state index in [1.807, 2.05) is 54.6 Å². The van der Waals surface area contributed by atoms with Gasteiger partial charge in [-0.15, -0.1) is 0 Å². The van der Waals surface area contributed by atoms with Crippen LogP contribution in [0.5, 0.6) is 5.75 Å². The lowest BCUT2D eigenvalue weighted by molar-refractivity contribution is 0.563. The zero-order valence-corrected chi connectivity index (χ0v) is 12.7. The number of benzene rings is 2. The number of hydrogen-bond donors (Lipinski definition) is 1. The van der Waals surface area contributed by atoms with Gasteiger partial charge < -0.3 is 10.1 Å². The van der Waals surface area contributed by atoms with Gasteiger partial charge in [0, 0.05) is 11.0 Å². The fraction of sp³-hybridized carbons (Fsp3) is 0.133. The van der Waals surface area contributed by atoms with E-state index in [1.54, 1.807) is 0 Å². The molecule has 2 aromatic rings. The first-order valence-electron chi connectivity index (χ1n) is 5.97. The van der Waals surface area contributed by atoms with Crippen molar-refractivity contribution in [2.75, 3.05) is 10.6 Å². The average molecular weight is 336 g/mol. The van der Waals surface area contributed by atoms with Gasteiger partial charge in [-0.25, -0.2) is 0 Å². The van der Waals surface area contributed by atoms with Crippen molar-refractivity contribution in [2.24, 2.45) is 0 Å². The summed E-state index contributed by atoms with van der Waals surface area (Å²) in [5.74, 6) is 0.742. The molecule has 0 fully saturated rings. The second-order valence-corrected chi connectivity index (χ2v) is 5.13. The Bertz CT molecular complexity index is 528. The summed E-state index contributed by atoms with van der Waals surface area (Å²) in [6, 6.07) is 17.7. The van der Waals surface area contributed by atoms with Crippen molar-refractivity contribution >= 4 is 39.0 Å². The molecule has 0 aliphatic heterocycles. The number of rotatable bonds is 4. The maximum Gasteiger partial charge on any atom is 0.266 e. The van der Waals surface area contributed by atoms with Gasteiger partial charge in [-0.1, -0.05) is 46.3 Å². The number of ether oxygens (including phenoxy) is 1. The number of anilines is 1. The number of halogens is 1. The number of para-hydroxylation sites is 1. The maximum atomic E-state index is 5.56. The van der Waals surface area contributed by atoms with Gasteiger partial charge in [-0.05, 0) is 48.5 Å². The quantitative estimate of drug-likeness (QED) is 0.660. The van der Waals surface area contributed by atoms with Crippen molar-refractivity contribution in [1.82, 2.24) is 0 Å². The molecule has 0 heterocycles. The summed E-state index contributed by atoms with van der Waals surface area (Å²) in [5, 5.41) is 4.34. The van der Waals surface area contributed by atoms with E-state index in [9.17, 15) is 0 Å². The number of alkyl halides is 1. The van der Waals surface area contributed by atoms with Crippen LogP contribution in [-0.2, 0) is 6.42 Å². The van der Waals surface area contributed by atoms with Crippen LogP contribution < -0.4 is 10.1 Å². The Morgan fingerprint density at radius 3 is 2.37 bits per heavy atom. The third-order valence-electron chi connectivity index (χ3n) is 2.54. The highest BCUT2D eigenvalue weighted by Gasteiger charge is 2.01. The number of thiocarbonyl (C=S) groups is 1. The normalized spacial score (nSPS) is 9.95. The first-order valence-corrected chi connectivity index (χ1v) is 7.49. The molecule has 0 bridgehead atoms. The van der Waals surface area contributed by atoms with Gasteiger partial charge in [0.1, 0.15) is 5.75 Å². The van der Waals surface area contributed by atoms with Gasteiger partial charge in [-0.2, -0.15) is 0 Å². The lowest BCUT2D eigenvalue weighted by Crippen LogP contribution is -2.16. The molecule has 4 heteroatoms. The van der Waals surface area contributed by atoms with Crippen LogP contribution in [0, 0.1) is 0 Å². The fourth-order valence-electron chi connectivity index (χ4n) is 1.61. The van der Waals surface area contributed by atoms with E-state index in [1.165, 1.54) is 5.56 Å². The first kappa shape index (κ1) is 14.0. The van der Waals surface area contributed by atoms with Crippen molar-refractivity contribution in [1.29, 1.82) is 0 Å². The van der Waals surface area contributed by atoms with Crippen molar-refractivity contribution < 1.29 is 4.74 Å². The summed E-state index contributed by atoms with van der Waals surface area (Å²) in [6.07, 6.45) is 1.01. The van der Waals surface area contributed by atoms with E-state index >= 15 is 0 Å². The van der Waals surface area contributed by atoms with Gasteiger partial charge in [0.05, 0.1) is 0 Å². The van der Waals surface area contributed by atoms with Crippen molar-refractivity contribution in [2.45, 2.75) is 6.42 Å². The van der Waals surface area contributed by atoms with Crippen LogP contribution in [0.3, 0.4) is 0 Å². The second-order valence-electron chi connectivity index (χ2n) is 3.96. The van der Waals surface area contributed by atoms with E-state index in [4.69, 9.17) is 17.0 Å². The predicted octanol–water partition coefficient (Wildman–Crippen LogP) is 4.40. The summed E-state index contributed by atoms with van der Waals surface area (Å²) < 4.78 is 5.56.